The maximum absolute atomic E-state index is 14.4. The molecule has 0 N–H and O–H groups in total. The molecular weight excluding hydrogens is 653 g/mol. The van der Waals surface area contributed by atoms with Crippen LogP contribution in [-0.2, 0) is 0 Å². The molecule has 2 aliphatic rings. The number of amides is 4. The maximum Gasteiger partial charge on any atom is 0.262 e. The lowest BCUT2D eigenvalue weighted by molar-refractivity contribution is 0.0542. The maximum atomic E-state index is 14.4. The third kappa shape index (κ3) is 4.17. The summed E-state index contributed by atoms with van der Waals surface area (Å²) in [6.45, 7) is 7.30. The lowest BCUT2D eigenvalue weighted by Crippen LogP contribution is -2.47. The molecule has 46 heavy (non-hydrogen) atoms. The quantitative estimate of drug-likeness (QED) is 0.164. The zero-order valence-corrected chi connectivity index (χ0v) is 28.5. The van der Waals surface area contributed by atoms with Crippen LogP contribution in [-0.4, -0.2) is 45.5 Å². The Morgan fingerprint density at radius 2 is 0.870 bits per heavy atom. The molecule has 10 heteroatoms. The van der Waals surface area contributed by atoms with Crippen LogP contribution in [0.2, 0.25) is 0 Å². The van der Waals surface area contributed by atoms with E-state index in [1.165, 1.54) is 9.80 Å². The van der Waals surface area contributed by atoms with Crippen LogP contribution in [0.25, 0.3) is 51.2 Å². The summed E-state index contributed by atoms with van der Waals surface area (Å²) < 4.78 is 0. The third-order valence-corrected chi connectivity index (χ3v) is 12.8. The standard InChI is InChI=1S/C36H26N2O4S4/c1-17(2)37-33(39)21-15-20(24-10-12-28(46-24)26-8-6-14-44-26)32-30-22(34(40)38(18(3)4)36(32)42)16-19(31(29(21)30)35(37)41)23-9-11-27(45-23)25-7-5-13-43-25/h5-18H,1-4H3. The van der Waals surface area contributed by atoms with Crippen LogP contribution in [0.4, 0.5) is 0 Å². The highest BCUT2D eigenvalue weighted by molar-refractivity contribution is 7.23. The van der Waals surface area contributed by atoms with Gasteiger partial charge in [0, 0.05) is 74.4 Å². The van der Waals surface area contributed by atoms with Gasteiger partial charge in [-0.05, 0) is 87.0 Å². The monoisotopic (exact) mass is 678 g/mol. The smallest absolute Gasteiger partial charge is 0.262 e. The van der Waals surface area contributed by atoms with Crippen molar-refractivity contribution >= 4 is 79.7 Å². The fourth-order valence-corrected chi connectivity index (χ4v) is 10.2. The number of thiophene rings is 4. The van der Waals surface area contributed by atoms with Crippen molar-refractivity contribution in [3.05, 3.63) is 93.7 Å². The molecule has 0 bridgehead atoms. The lowest BCUT2D eigenvalue weighted by Gasteiger charge is -2.36. The highest BCUT2D eigenvalue weighted by Crippen LogP contribution is 2.49. The Morgan fingerprint density at radius 1 is 0.478 bits per heavy atom. The van der Waals surface area contributed by atoms with E-state index in [0.717, 1.165) is 29.3 Å². The molecule has 0 fully saturated rings. The van der Waals surface area contributed by atoms with Crippen molar-refractivity contribution in [3.8, 4) is 40.4 Å². The zero-order chi connectivity index (χ0) is 32.0. The first-order valence-corrected chi connectivity index (χ1v) is 18.3. The van der Waals surface area contributed by atoms with E-state index in [-0.39, 0.29) is 0 Å². The first-order valence-electron chi connectivity index (χ1n) is 14.9. The van der Waals surface area contributed by atoms with Gasteiger partial charge in [0.25, 0.3) is 23.6 Å². The average Bonchev–Trinajstić information content (AvgIpc) is 3.85. The molecule has 2 aromatic carbocycles. The van der Waals surface area contributed by atoms with Crippen LogP contribution in [0.3, 0.4) is 0 Å². The van der Waals surface area contributed by atoms with E-state index in [0.29, 0.717) is 44.2 Å². The van der Waals surface area contributed by atoms with Crippen LogP contribution in [0, 0.1) is 0 Å². The minimum atomic E-state index is -0.421. The van der Waals surface area contributed by atoms with E-state index in [2.05, 4.69) is 12.1 Å². The lowest BCUT2D eigenvalue weighted by atomic mass is 9.80. The topological polar surface area (TPSA) is 74.8 Å². The van der Waals surface area contributed by atoms with Gasteiger partial charge in [-0.25, -0.2) is 0 Å². The van der Waals surface area contributed by atoms with Crippen LogP contribution in [0.1, 0.15) is 69.1 Å². The van der Waals surface area contributed by atoms with Crippen molar-refractivity contribution in [1.29, 1.82) is 0 Å². The second kappa shape index (κ2) is 10.7. The van der Waals surface area contributed by atoms with Gasteiger partial charge in [-0.1, -0.05) is 12.1 Å². The van der Waals surface area contributed by atoms with E-state index in [1.54, 1.807) is 57.5 Å². The Kier molecular flexibility index (Phi) is 6.77. The van der Waals surface area contributed by atoms with E-state index < -0.39 is 35.7 Å². The molecule has 0 radical (unpaired) electrons. The van der Waals surface area contributed by atoms with E-state index in [9.17, 15) is 19.2 Å². The second-order valence-corrected chi connectivity index (χ2v) is 15.9. The van der Waals surface area contributed by atoms with Gasteiger partial charge in [0.15, 0.2) is 0 Å². The molecule has 2 aliphatic heterocycles. The first-order chi connectivity index (χ1) is 22.2. The summed E-state index contributed by atoms with van der Waals surface area (Å²) in [5, 5.41) is 4.83. The van der Waals surface area contributed by atoms with Gasteiger partial charge < -0.3 is 0 Å². The minimum Gasteiger partial charge on any atom is -0.272 e. The Labute approximate surface area is 281 Å². The molecule has 4 amide bonds. The summed E-state index contributed by atoms with van der Waals surface area (Å²) in [6.07, 6.45) is 0. The number of imide groups is 2. The SMILES string of the molecule is CC(C)N1C(=O)c2cc(-c3ccc(-c4cccs4)s3)c3c4c(cc(-c5ccc(-c6cccs6)s5)c(c24)C1=O)C(=O)N(C(C)C)C3=O. The largest absolute Gasteiger partial charge is 0.272 e. The highest BCUT2D eigenvalue weighted by atomic mass is 32.1. The summed E-state index contributed by atoms with van der Waals surface area (Å²) in [5.41, 5.74) is 2.58. The van der Waals surface area contributed by atoms with Crippen LogP contribution in [0.5, 0.6) is 0 Å². The minimum absolute atomic E-state index is 0.333. The summed E-state index contributed by atoms with van der Waals surface area (Å²) >= 11 is 6.35. The number of benzene rings is 2. The molecular formula is C36H26N2O4S4. The zero-order valence-electron chi connectivity index (χ0n) is 25.2. The molecule has 6 heterocycles. The predicted octanol–water partition coefficient (Wildman–Crippen LogP) is 9.76. The van der Waals surface area contributed by atoms with Crippen molar-refractivity contribution in [1.82, 2.24) is 9.80 Å². The number of rotatable bonds is 6. The van der Waals surface area contributed by atoms with Crippen molar-refractivity contribution in [2.75, 3.05) is 0 Å². The highest BCUT2D eigenvalue weighted by Gasteiger charge is 2.44. The van der Waals surface area contributed by atoms with Crippen LogP contribution in [0.15, 0.2) is 71.4 Å². The molecule has 0 saturated heterocycles. The van der Waals surface area contributed by atoms with Gasteiger partial charge in [0.2, 0.25) is 0 Å². The van der Waals surface area contributed by atoms with Crippen LogP contribution < -0.4 is 0 Å². The van der Waals surface area contributed by atoms with Crippen molar-refractivity contribution in [2.45, 2.75) is 39.8 Å². The van der Waals surface area contributed by atoms with Gasteiger partial charge in [0.1, 0.15) is 0 Å². The fourth-order valence-electron chi connectivity index (χ4n) is 6.50. The number of hydrogen-bond acceptors (Lipinski definition) is 8. The average molecular weight is 679 g/mol. The summed E-state index contributed by atoms with van der Waals surface area (Å²) in [7, 11) is 0. The summed E-state index contributed by atoms with van der Waals surface area (Å²) in [6, 6.07) is 18.8. The van der Waals surface area contributed by atoms with Gasteiger partial charge in [0.05, 0.1) is 11.1 Å². The Hall–Kier alpha value is -4.22. The fraction of sp³-hybridized carbons (Fsp3) is 0.167. The molecule has 6 aromatic rings. The Morgan fingerprint density at radius 3 is 1.22 bits per heavy atom. The number of carbonyl (C=O) groups excluding carboxylic acids is 4. The molecule has 0 aliphatic carbocycles. The molecule has 0 saturated carbocycles. The molecule has 0 atom stereocenters. The molecule has 228 valence electrons. The molecule has 4 aromatic heterocycles. The normalized spacial score (nSPS) is 14.6. The molecule has 8 rings (SSSR count). The van der Waals surface area contributed by atoms with Crippen molar-refractivity contribution in [3.63, 3.8) is 0 Å². The van der Waals surface area contributed by atoms with Crippen molar-refractivity contribution in [2.24, 2.45) is 0 Å². The number of nitrogens with zero attached hydrogens (tertiary/aromatic N) is 2. The predicted molar refractivity (Wildman–Crippen MR) is 188 cm³/mol. The molecule has 0 unspecified atom stereocenters. The van der Waals surface area contributed by atoms with Gasteiger partial charge in [-0.3, -0.25) is 29.0 Å². The summed E-state index contributed by atoms with van der Waals surface area (Å²) in [4.78, 5) is 65.8. The van der Waals surface area contributed by atoms with Crippen LogP contribution >= 0.6 is 45.3 Å². The van der Waals surface area contributed by atoms with E-state index in [1.807, 2.05) is 74.9 Å². The third-order valence-electron chi connectivity index (χ3n) is 8.47. The van der Waals surface area contributed by atoms with E-state index >= 15 is 0 Å². The van der Waals surface area contributed by atoms with Gasteiger partial charge >= 0.3 is 0 Å². The van der Waals surface area contributed by atoms with Gasteiger partial charge in [-0.15, -0.1) is 45.3 Å². The van der Waals surface area contributed by atoms with Crippen molar-refractivity contribution < 1.29 is 19.2 Å². The molecule has 6 nitrogen and oxygen atoms in total. The first kappa shape index (κ1) is 29.2. The Balaban J connectivity index is 1.48. The summed E-state index contributed by atoms with van der Waals surface area (Å²) in [5.74, 6) is -1.67. The second-order valence-electron chi connectivity index (χ2n) is 11.9. The number of hydrogen-bond donors (Lipinski definition) is 0. The Bertz CT molecular complexity index is 2090. The van der Waals surface area contributed by atoms with E-state index in [4.69, 9.17) is 0 Å². The number of carbonyl (C=O) groups is 4. The molecule has 0 spiro atoms. The van der Waals surface area contributed by atoms with Gasteiger partial charge in [-0.2, -0.15) is 0 Å².